The molecule has 1 aliphatic rings. The van der Waals surface area contributed by atoms with E-state index in [-0.39, 0.29) is 12.5 Å². The minimum absolute atomic E-state index is 0.182. The molecule has 1 N–H and O–H groups in total. The lowest BCUT2D eigenvalue weighted by molar-refractivity contribution is -0.123. The van der Waals surface area contributed by atoms with Crippen LogP contribution in [0.2, 0.25) is 10.0 Å². The molecule has 0 radical (unpaired) electrons. The Morgan fingerprint density at radius 1 is 1.11 bits per heavy atom. The van der Waals surface area contributed by atoms with Gasteiger partial charge in [-0.25, -0.2) is 5.43 Å². The Labute approximate surface area is 175 Å². The number of nitrogens with one attached hydrogen (secondary N) is 1. The largest absolute Gasteiger partial charge is 0.482 e. The van der Waals surface area contributed by atoms with Crippen molar-refractivity contribution in [3.63, 3.8) is 0 Å². The molecule has 0 atom stereocenters. The second-order valence-electron chi connectivity index (χ2n) is 7.05. The van der Waals surface area contributed by atoms with Gasteiger partial charge in [0.1, 0.15) is 5.75 Å². The van der Waals surface area contributed by atoms with Gasteiger partial charge >= 0.3 is 0 Å². The van der Waals surface area contributed by atoms with Gasteiger partial charge in [-0.1, -0.05) is 66.7 Å². The van der Waals surface area contributed by atoms with Crippen LogP contribution in [-0.2, 0) is 4.79 Å². The summed E-state index contributed by atoms with van der Waals surface area (Å²) in [7, 11) is 0. The molecule has 1 aliphatic carbocycles. The van der Waals surface area contributed by atoms with Gasteiger partial charge in [0.05, 0.1) is 10.7 Å². The highest BCUT2D eigenvalue weighted by Crippen LogP contribution is 2.32. The van der Waals surface area contributed by atoms with E-state index in [9.17, 15) is 4.79 Å². The quantitative estimate of drug-likeness (QED) is 0.464. The molecule has 0 spiro atoms. The van der Waals surface area contributed by atoms with Crippen LogP contribution in [0.3, 0.4) is 0 Å². The molecular weight excluding hydrogens is 395 g/mol. The molecule has 0 aliphatic heterocycles. The zero-order chi connectivity index (χ0) is 19.9. The first-order chi connectivity index (χ1) is 13.5. The maximum atomic E-state index is 12.0. The van der Waals surface area contributed by atoms with E-state index >= 15 is 0 Å². The third-order valence-electron chi connectivity index (χ3n) is 5.01. The maximum Gasteiger partial charge on any atom is 0.277 e. The molecular formula is C22H24Cl2N2O2. The van der Waals surface area contributed by atoms with Gasteiger partial charge in [-0.05, 0) is 55.0 Å². The van der Waals surface area contributed by atoms with Crippen LogP contribution in [0.4, 0.5) is 0 Å². The van der Waals surface area contributed by atoms with Gasteiger partial charge in [0.25, 0.3) is 5.91 Å². The zero-order valence-electron chi connectivity index (χ0n) is 15.9. The molecule has 0 bridgehead atoms. The topological polar surface area (TPSA) is 50.7 Å². The summed E-state index contributed by atoms with van der Waals surface area (Å²) in [6, 6.07) is 13.3. The molecule has 0 unspecified atom stereocenters. The number of benzene rings is 2. The Bertz CT molecular complexity index is 844. The van der Waals surface area contributed by atoms with Crippen LogP contribution in [0.15, 0.2) is 47.6 Å². The molecule has 3 rings (SSSR count). The van der Waals surface area contributed by atoms with Crippen LogP contribution in [0, 0.1) is 0 Å². The number of hydrogen-bond donors (Lipinski definition) is 1. The number of carbonyl (C=O) groups excluding carboxylic acids is 1. The van der Waals surface area contributed by atoms with Crippen molar-refractivity contribution >= 4 is 34.8 Å². The Morgan fingerprint density at radius 2 is 1.82 bits per heavy atom. The number of nitrogens with zero attached hydrogens (tertiary/aromatic N) is 1. The predicted octanol–water partition coefficient (Wildman–Crippen LogP) is 5.96. The van der Waals surface area contributed by atoms with Gasteiger partial charge in [-0.15, -0.1) is 0 Å². The summed E-state index contributed by atoms with van der Waals surface area (Å²) in [5, 5.41) is 5.04. The maximum absolute atomic E-state index is 12.0. The van der Waals surface area contributed by atoms with Crippen molar-refractivity contribution in [3.8, 4) is 5.75 Å². The number of hydrogen-bond acceptors (Lipinski definition) is 3. The summed E-state index contributed by atoms with van der Waals surface area (Å²) in [5.41, 5.74) is 5.64. The second kappa shape index (κ2) is 9.94. The Hall–Kier alpha value is -2.04. The first kappa shape index (κ1) is 20.7. The zero-order valence-corrected chi connectivity index (χ0v) is 17.4. The van der Waals surface area contributed by atoms with Crippen molar-refractivity contribution in [2.75, 3.05) is 6.61 Å². The van der Waals surface area contributed by atoms with E-state index in [0.29, 0.717) is 21.7 Å². The summed E-state index contributed by atoms with van der Waals surface area (Å²) >= 11 is 11.9. The number of halogens is 2. The Kier molecular flexibility index (Phi) is 7.35. The number of ether oxygens (including phenoxy) is 1. The Morgan fingerprint density at radius 3 is 2.50 bits per heavy atom. The minimum atomic E-state index is -0.357. The standard InChI is InChI=1S/C22H24Cl2N2O2/c1-15(16-7-9-18(10-8-16)17-5-3-2-4-6-17)25-26-22(27)14-28-21-12-11-19(23)13-20(21)24/h7-13,17H,2-6,14H2,1H3,(H,26,27)/b25-15-. The molecule has 1 fully saturated rings. The molecule has 1 saturated carbocycles. The van der Waals surface area contributed by atoms with Crippen LogP contribution < -0.4 is 10.2 Å². The fraction of sp³-hybridized carbons (Fsp3) is 0.364. The molecule has 0 saturated heterocycles. The molecule has 2 aromatic carbocycles. The van der Waals surface area contributed by atoms with Crippen molar-refractivity contribution in [1.82, 2.24) is 5.43 Å². The second-order valence-corrected chi connectivity index (χ2v) is 7.90. The number of carbonyl (C=O) groups is 1. The molecule has 2 aromatic rings. The van der Waals surface area contributed by atoms with E-state index in [1.807, 2.05) is 6.92 Å². The molecule has 6 heteroatoms. The van der Waals surface area contributed by atoms with E-state index in [4.69, 9.17) is 27.9 Å². The summed E-state index contributed by atoms with van der Waals surface area (Å²) in [4.78, 5) is 12.0. The van der Waals surface area contributed by atoms with E-state index in [1.165, 1.54) is 37.7 Å². The lowest BCUT2D eigenvalue weighted by atomic mass is 9.84. The van der Waals surface area contributed by atoms with E-state index in [1.54, 1.807) is 18.2 Å². The third kappa shape index (κ3) is 5.73. The van der Waals surface area contributed by atoms with Crippen molar-refractivity contribution in [2.45, 2.75) is 44.9 Å². The van der Waals surface area contributed by atoms with Crippen LogP contribution >= 0.6 is 23.2 Å². The lowest BCUT2D eigenvalue weighted by Crippen LogP contribution is -2.25. The van der Waals surface area contributed by atoms with Gasteiger partial charge in [0.15, 0.2) is 6.61 Å². The van der Waals surface area contributed by atoms with Crippen molar-refractivity contribution in [2.24, 2.45) is 5.10 Å². The predicted molar refractivity (Wildman–Crippen MR) is 115 cm³/mol. The van der Waals surface area contributed by atoms with E-state index in [2.05, 4.69) is 34.8 Å². The highest BCUT2D eigenvalue weighted by Gasteiger charge is 2.15. The first-order valence-corrected chi connectivity index (χ1v) is 10.3. The van der Waals surface area contributed by atoms with Gasteiger partial charge < -0.3 is 4.74 Å². The monoisotopic (exact) mass is 418 g/mol. The first-order valence-electron chi connectivity index (χ1n) is 9.54. The average molecular weight is 419 g/mol. The fourth-order valence-corrected chi connectivity index (χ4v) is 3.87. The van der Waals surface area contributed by atoms with Gasteiger partial charge in [0, 0.05) is 5.02 Å². The highest BCUT2D eigenvalue weighted by molar-refractivity contribution is 6.35. The fourth-order valence-electron chi connectivity index (χ4n) is 3.41. The lowest BCUT2D eigenvalue weighted by Gasteiger charge is -2.22. The van der Waals surface area contributed by atoms with Gasteiger partial charge in [-0.2, -0.15) is 5.10 Å². The number of hydrazone groups is 1. The minimum Gasteiger partial charge on any atom is -0.482 e. The highest BCUT2D eigenvalue weighted by atomic mass is 35.5. The molecule has 0 aromatic heterocycles. The Balaban J connectivity index is 1.52. The van der Waals surface area contributed by atoms with Crippen LogP contribution in [-0.4, -0.2) is 18.2 Å². The summed E-state index contributed by atoms with van der Waals surface area (Å²) < 4.78 is 5.40. The van der Waals surface area contributed by atoms with E-state index in [0.717, 1.165) is 11.3 Å². The number of rotatable bonds is 6. The van der Waals surface area contributed by atoms with E-state index < -0.39 is 0 Å². The van der Waals surface area contributed by atoms with Crippen molar-refractivity contribution in [1.29, 1.82) is 0 Å². The summed E-state index contributed by atoms with van der Waals surface area (Å²) in [6.07, 6.45) is 6.55. The summed E-state index contributed by atoms with van der Waals surface area (Å²) in [5.74, 6) is 0.723. The van der Waals surface area contributed by atoms with Crippen molar-refractivity contribution in [3.05, 3.63) is 63.6 Å². The molecule has 28 heavy (non-hydrogen) atoms. The molecule has 1 amide bonds. The summed E-state index contributed by atoms with van der Waals surface area (Å²) in [6.45, 7) is 1.69. The molecule has 148 valence electrons. The third-order valence-corrected chi connectivity index (χ3v) is 5.54. The van der Waals surface area contributed by atoms with Crippen molar-refractivity contribution < 1.29 is 9.53 Å². The smallest absolute Gasteiger partial charge is 0.277 e. The SMILES string of the molecule is C/C(=N/NC(=O)COc1ccc(Cl)cc1Cl)c1ccc(C2CCCCC2)cc1. The van der Waals surface area contributed by atoms with Gasteiger partial charge in [-0.3, -0.25) is 4.79 Å². The van der Waals surface area contributed by atoms with Crippen LogP contribution in [0.25, 0.3) is 0 Å². The molecule has 4 nitrogen and oxygen atoms in total. The molecule has 0 heterocycles. The van der Waals surface area contributed by atoms with Crippen LogP contribution in [0.5, 0.6) is 5.75 Å². The van der Waals surface area contributed by atoms with Gasteiger partial charge in [0.2, 0.25) is 0 Å². The average Bonchev–Trinajstić information content (AvgIpc) is 2.72. The van der Waals surface area contributed by atoms with Crippen LogP contribution in [0.1, 0.15) is 56.1 Å². The number of amides is 1. The normalized spacial score (nSPS) is 15.3.